The van der Waals surface area contributed by atoms with Crippen LogP contribution in [0.25, 0.3) is 0 Å². The number of rotatable bonds is 3. The molecule has 0 aliphatic rings. The zero-order valence-electron chi connectivity index (χ0n) is 12.5. The molecule has 0 amide bonds. The highest BCUT2D eigenvalue weighted by atomic mass is 32.1. The molecular weight excluding hydrogens is 278 g/mol. The molecule has 0 radical (unpaired) electrons. The molecule has 0 saturated carbocycles. The van der Waals surface area contributed by atoms with E-state index >= 15 is 0 Å². The Morgan fingerprint density at radius 3 is 2.48 bits per heavy atom. The third kappa shape index (κ3) is 4.39. The minimum atomic E-state index is 0.479. The second-order valence-corrected chi connectivity index (χ2v) is 5.39. The van der Waals surface area contributed by atoms with Gasteiger partial charge in [0.2, 0.25) is 0 Å². The number of benzene rings is 2. The summed E-state index contributed by atoms with van der Waals surface area (Å²) >= 11 is 5.24. The third-order valence-electron chi connectivity index (χ3n) is 3.31. The number of hydrazone groups is 1. The Labute approximate surface area is 131 Å². The van der Waals surface area contributed by atoms with Gasteiger partial charge in [-0.2, -0.15) is 5.10 Å². The van der Waals surface area contributed by atoms with Crippen molar-refractivity contribution in [3.05, 3.63) is 64.7 Å². The predicted molar refractivity (Wildman–Crippen MR) is 94.0 cm³/mol. The average Bonchev–Trinajstić information content (AvgIpc) is 2.46. The Morgan fingerprint density at radius 1 is 1.05 bits per heavy atom. The van der Waals surface area contributed by atoms with E-state index in [1.54, 1.807) is 6.21 Å². The summed E-state index contributed by atoms with van der Waals surface area (Å²) in [5, 5.41) is 7.77. The van der Waals surface area contributed by atoms with Crippen molar-refractivity contribution in [2.45, 2.75) is 20.8 Å². The number of aryl methyl sites for hydroxylation is 2. The average molecular weight is 297 g/mol. The van der Waals surface area contributed by atoms with E-state index in [0.717, 1.165) is 11.3 Å². The van der Waals surface area contributed by atoms with Gasteiger partial charge in [-0.25, -0.2) is 0 Å². The number of hydrogen-bond donors (Lipinski definition) is 2. The molecule has 21 heavy (non-hydrogen) atoms. The van der Waals surface area contributed by atoms with Crippen LogP contribution in [0.1, 0.15) is 22.3 Å². The molecule has 0 heterocycles. The molecule has 2 rings (SSSR count). The molecule has 0 saturated heterocycles. The van der Waals surface area contributed by atoms with Gasteiger partial charge in [0.25, 0.3) is 0 Å². The Hall–Kier alpha value is -2.20. The van der Waals surface area contributed by atoms with Crippen molar-refractivity contribution in [2.75, 3.05) is 5.32 Å². The third-order valence-corrected chi connectivity index (χ3v) is 3.50. The lowest BCUT2D eigenvalue weighted by molar-refractivity contribution is 1.05. The maximum atomic E-state index is 5.24. The van der Waals surface area contributed by atoms with Crippen LogP contribution in [0, 0.1) is 20.8 Å². The van der Waals surface area contributed by atoms with Crippen LogP contribution in [-0.4, -0.2) is 11.3 Å². The number of nitrogens with zero attached hydrogens (tertiary/aromatic N) is 1. The van der Waals surface area contributed by atoms with Gasteiger partial charge >= 0.3 is 0 Å². The zero-order valence-corrected chi connectivity index (χ0v) is 13.3. The summed E-state index contributed by atoms with van der Waals surface area (Å²) in [7, 11) is 0. The first-order valence-corrected chi connectivity index (χ1v) is 7.20. The van der Waals surface area contributed by atoms with Crippen LogP contribution in [0.4, 0.5) is 5.69 Å². The van der Waals surface area contributed by atoms with Gasteiger partial charge in [-0.3, -0.25) is 5.43 Å². The molecule has 0 atom stereocenters. The number of hydrogen-bond acceptors (Lipinski definition) is 2. The van der Waals surface area contributed by atoms with Gasteiger partial charge < -0.3 is 5.32 Å². The molecule has 108 valence electrons. The fraction of sp³-hybridized carbons (Fsp3) is 0.176. The lowest BCUT2D eigenvalue weighted by atomic mass is 10.1. The molecule has 2 N–H and O–H groups in total. The summed E-state index contributed by atoms with van der Waals surface area (Å²) in [5.74, 6) is 0. The quantitative estimate of drug-likeness (QED) is 0.512. The van der Waals surface area contributed by atoms with Gasteiger partial charge in [-0.15, -0.1) is 0 Å². The molecule has 0 aliphatic heterocycles. The smallest absolute Gasteiger partial charge is 0.191 e. The minimum Gasteiger partial charge on any atom is -0.331 e. The second-order valence-electron chi connectivity index (χ2n) is 4.98. The Kier molecular flexibility index (Phi) is 5.06. The van der Waals surface area contributed by atoms with Crippen molar-refractivity contribution in [3.63, 3.8) is 0 Å². The van der Waals surface area contributed by atoms with E-state index in [9.17, 15) is 0 Å². The van der Waals surface area contributed by atoms with Crippen molar-refractivity contribution >= 4 is 29.2 Å². The van der Waals surface area contributed by atoms with Crippen molar-refractivity contribution in [3.8, 4) is 0 Å². The Balaban J connectivity index is 1.93. The SMILES string of the molecule is Cc1ccc(/C=N\NC(=S)Nc2cccc(C)c2C)cc1. The lowest BCUT2D eigenvalue weighted by Crippen LogP contribution is -2.24. The summed E-state index contributed by atoms with van der Waals surface area (Å²) in [4.78, 5) is 0. The van der Waals surface area contributed by atoms with E-state index in [4.69, 9.17) is 12.2 Å². The van der Waals surface area contributed by atoms with Crippen LogP contribution in [0.3, 0.4) is 0 Å². The first-order chi connectivity index (χ1) is 10.1. The van der Waals surface area contributed by atoms with Crippen LogP contribution in [0.5, 0.6) is 0 Å². The Morgan fingerprint density at radius 2 is 1.76 bits per heavy atom. The van der Waals surface area contributed by atoms with E-state index in [-0.39, 0.29) is 0 Å². The maximum Gasteiger partial charge on any atom is 0.191 e. The van der Waals surface area contributed by atoms with E-state index < -0.39 is 0 Å². The monoisotopic (exact) mass is 297 g/mol. The molecule has 3 nitrogen and oxygen atoms in total. The fourth-order valence-corrected chi connectivity index (χ4v) is 2.02. The number of thiocarbonyl (C=S) groups is 1. The topological polar surface area (TPSA) is 36.4 Å². The first-order valence-electron chi connectivity index (χ1n) is 6.79. The van der Waals surface area contributed by atoms with Gasteiger partial charge in [0.1, 0.15) is 0 Å². The largest absolute Gasteiger partial charge is 0.331 e. The first kappa shape index (κ1) is 15.2. The zero-order chi connectivity index (χ0) is 15.2. The van der Waals surface area contributed by atoms with E-state index in [1.807, 2.05) is 36.4 Å². The van der Waals surface area contributed by atoms with Crippen LogP contribution < -0.4 is 10.7 Å². The minimum absolute atomic E-state index is 0.479. The van der Waals surface area contributed by atoms with Crippen LogP contribution in [0.2, 0.25) is 0 Å². The van der Waals surface area contributed by atoms with E-state index in [1.165, 1.54) is 16.7 Å². The van der Waals surface area contributed by atoms with Crippen molar-refractivity contribution < 1.29 is 0 Å². The number of anilines is 1. The van der Waals surface area contributed by atoms with E-state index in [2.05, 4.69) is 42.7 Å². The van der Waals surface area contributed by atoms with E-state index in [0.29, 0.717) is 5.11 Å². The highest BCUT2D eigenvalue weighted by Gasteiger charge is 2.01. The van der Waals surface area contributed by atoms with Gasteiger partial charge in [-0.1, -0.05) is 42.0 Å². The lowest BCUT2D eigenvalue weighted by Gasteiger charge is -2.11. The summed E-state index contributed by atoms with van der Waals surface area (Å²) in [6, 6.07) is 14.2. The van der Waals surface area contributed by atoms with Gasteiger partial charge in [0.05, 0.1) is 6.21 Å². The molecular formula is C17H19N3S. The molecule has 2 aromatic carbocycles. The molecule has 0 spiro atoms. The molecule has 0 fully saturated rings. The molecule has 0 aliphatic carbocycles. The Bertz CT molecular complexity index is 660. The van der Waals surface area contributed by atoms with Crippen LogP contribution >= 0.6 is 12.2 Å². The fourth-order valence-electron chi connectivity index (χ4n) is 1.85. The predicted octanol–water partition coefficient (Wildman–Crippen LogP) is 3.93. The van der Waals surface area contributed by atoms with Crippen molar-refractivity contribution in [2.24, 2.45) is 5.10 Å². The molecule has 2 aromatic rings. The van der Waals surface area contributed by atoms with Gasteiger partial charge in [-0.05, 0) is 55.7 Å². The molecule has 4 heteroatoms. The molecule has 0 aromatic heterocycles. The standard InChI is InChI=1S/C17H19N3S/c1-12-7-9-15(10-8-12)11-18-20-17(21)19-16-6-4-5-13(2)14(16)3/h4-11H,1-3H3,(H2,19,20,21)/b18-11-. The summed E-state index contributed by atoms with van der Waals surface area (Å²) in [6.07, 6.45) is 1.75. The second kappa shape index (κ2) is 6.99. The van der Waals surface area contributed by atoms with Crippen LogP contribution in [0.15, 0.2) is 47.6 Å². The summed E-state index contributed by atoms with van der Waals surface area (Å²) in [5.41, 5.74) is 8.50. The van der Waals surface area contributed by atoms with Crippen molar-refractivity contribution in [1.82, 2.24) is 5.43 Å². The van der Waals surface area contributed by atoms with Gasteiger partial charge in [0.15, 0.2) is 5.11 Å². The highest BCUT2D eigenvalue weighted by Crippen LogP contribution is 2.17. The summed E-state index contributed by atoms with van der Waals surface area (Å²) in [6.45, 7) is 6.20. The molecule has 0 bridgehead atoms. The highest BCUT2D eigenvalue weighted by molar-refractivity contribution is 7.80. The maximum absolute atomic E-state index is 5.24. The number of nitrogens with one attached hydrogen (secondary N) is 2. The normalized spacial score (nSPS) is 10.6. The molecule has 0 unspecified atom stereocenters. The summed E-state index contributed by atoms with van der Waals surface area (Å²) < 4.78 is 0. The van der Waals surface area contributed by atoms with Crippen molar-refractivity contribution in [1.29, 1.82) is 0 Å². The van der Waals surface area contributed by atoms with Gasteiger partial charge in [0, 0.05) is 5.69 Å². The van der Waals surface area contributed by atoms with Crippen LogP contribution in [-0.2, 0) is 0 Å².